The Hall–Kier alpha value is -1.56. The van der Waals surface area contributed by atoms with E-state index in [-0.39, 0.29) is 0 Å². The summed E-state index contributed by atoms with van der Waals surface area (Å²) in [5, 5.41) is 18.5. The second-order valence-corrected chi connectivity index (χ2v) is 5.14. The van der Waals surface area contributed by atoms with Gasteiger partial charge < -0.3 is 15.7 Å². The Labute approximate surface area is 117 Å². The maximum Gasteiger partial charge on any atom is 0.329 e. The van der Waals surface area contributed by atoms with Crippen molar-refractivity contribution in [2.75, 3.05) is 6.54 Å². The molecule has 0 unspecified atom stereocenters. The molecule has 0 saturated heterocycles. The summed E-state index contributed by atoms with van der Waals surface area (Å²) in [6, 6.07) is 1.57. The second kappa shape index (κ2) is 7.13. The van der Waals surface area contributed by atoms with Crippen LogP contribution in [0.2, 0.25) is 0 Å². The number of carbonyl (C=O) groups is 2. The minimum atomic E-state index is -1.17. The van der Waals surface area contributed by atoms with Gasteiger partial charge >= 0.3 is 12.0 Å². The third-order valence-corrected chi connectivity index (χ3v) is 3.98. The van der Waals surface area contributed by atoms with Crippen LogP contribution in [0.15, 0.2) is 16.8 Å². The van der Waals surface area contributed by atoms with Crippen molar-refractivity contribution in [1.82, 2.24) is 10.6 Å². The largest absolute Gasteiger partial charge is 0.480 e. The van der Waals surface area contributed by atoms with Crippen molar-refractivity contribution in [3.8, 4) is 0 Å². The Kier molecular flexibility index (Phi) is 5.82. The molecular weight excluding hydrogens is 264 g/mol. The van der Waals surface area contributed by atoms with Gasteiger partial charge in [0.2, 0.25) is 0 Å². The van der Waals surface area contributed by atoms with Crippen LogP contribution in [0.1, 0.15) is 32.3 Å². The van der Waals surface area contributed by atoms with E-state index >= 15 is 0 Å². The molecule has 0 saturated carbocycles. The summed E-state index contributed by atoms with van der Waals surface area (Å²) in [5.41, 5.74) is -0.00675. The molecule has 0 radical (unpaired) electrons. The van der Waals surface area contributed by atoms with Crippen molar-refractivity contribution in [3.63, 3.8) is 0 Å². The molecule has 3 N–H and O–H groups in total. The van der Waals surface area contributed by atoms with Crippen molar-refractivity contribution in [1.29, 1.82) is 0 Å². The van der Waals surface area contributed by atoms with Crippen LogP contribution in [-0.4, -0.2) is 29.2 Å². The van der Waals surface area contributed by atoms with Crippen molar-refractivity contribution < 1.29 is 14.7 Å². The molecule has 0 aromatic carbocycles. The summed E-state index contributed by atoms with van der Waals surface area (Å²) in [6.07, 6.45) is 1.46. The minimum absolute atomic E-state index is 0.358. The van der Waals surface area contributed by atoms with E-state index in [0.29, 0.717) is 19.4 Å². The molecule has 1 aromatic rings. The van der Waals surface area contributed by atoms with Crippen molar-refractivity contribution in [2.45, 2.75) is 38.6 Å². The van der Waals surface area contributed by atoms with E-state index in [4.69, 9.17) is 0 Å². The van der Waals surface area contributed by atoms with Gasteiger partial charge in [-0.05, 0) is 41.7 Å². The van der Waals surface area contributed by atoms with E-state index in [1.54, 1.807) is 25.2 Å². The number of urea groups is 1. The number of carbonyl (C=O) groups excluding carboxylic acids is 1. The standard InChI is InChI=1S/C13H20N2O3S/c1-3-13(4-2,11(16)17)15-12(18)14-7-5-10-6-8-19-9-10/h6,8-9H,3-5,7H2,1-2H3,(H,16,17)(H2,14,15,18). The fourth-order valence-electron chi connectivity index (χ4n) is 1.80. The zero-order valence-corrected chi connectivity index (χ0v) is 12.0. The summed E-state index contributed by atoms with van der Waals surface area (Å²) >= 11 is 1.61. The van der Waals surface area contributed by atoms with Crippen molar-refractivity contribution >= 4 is 23.3 Å². The van der Waals surface area contributed by atoms with Gasteiger partial charge in [-0.3, -0.25) is 0 Å². The summed E-state index contributed by atoms with van der Waals surface area (Å²) in [6.45, 7) is 4.00. The van der Waals surface area contributed by atoms with Crippen molar-refractivity contribution in [3.05, 3.63) is 22.4 Å². The Morgan fingerprint density at radius 1 is 1.37 bits per heavy atom. The minimum Gasteiger partial charge on any atom is -0.480 e. The fourth-order valence-corrected chi connectivity index (χ4v) is 2.50. The zero-order valence-electron chi connectivity index (χ0n) is 11.2. The van der Waals surface area contributed by atoms with Crippen LogP contribution in [0.4, 0.5) is 4.79 Å². The van der Waals surface area contributed by atoms with Gasteiger partial charge in [0.05, 0.1) is 0 Å². The van der Waals surface area contributed by atoms with Crippen molar-refractivity contribution in [2.24, 2.45) is 0 Å². The van der Waals surface area contributed by atoms with Gasteiger partial charge in [0, 0.05) is 6.54 Å². The maximum atomic E-state index is 11.7. The lowest BCUT2D eigenvalue weighted by Crippen LogP contribution is -2.56. The van der Waals surface area contributed by atoms with Gasteiger partial charge in [-0.25, -0.2) is 9.59 Å². The van der Waals surface area contributed by atoms with E-state index in [1.807, 2.05) is 16.8 Å². The number of rotatable bonds is 7. The highest BCUT2D eigenvalue weighted by Crippen LogP contribution is 2.15. The second-order valence-electron chi connectivity index (χ2n) is 4.36. The van der Waals surface area contributed by atoms with Crippen LogP contribution in [0.3, 0.4) is 0 Å². The average Bonchev–Trinajstić information content (AvgIpc) is 2.89. The first-order valence-corrected chi connectivity index (χ1v) is 7.29. The molecule has 6 heteroatoms. The number of carboxylic acids is 1. The highest BCUT2D eigenvalue weighted by Gasteiger charge is 2.36. The number of thiophene rings is 1. The first-order valence-electron chi connectivity index (χ1n) is 6.34. The maximum absolute atomic E-state index is 11.7. The first-order chi connectivity index (χ1) is 9.04. The van der Waals surface area contributed by atoms with Crippen LogP contribution in [0, 0.1) is 0 Å². The molecule has 0 spiro atoms. The molecule has 1 aromatic heterocycles. The summed E-state index contributed by atoms with van der Waals surface area (Å²) in [4.78, 5) is 23.0. The smallest absolute Gasteiger partial charge is 0.329 e. The number of hydrogen-bond acceptors (Lipinski definition) is 3. The number of hydrogen-bond donors (Lipinski definition) is 3. The molecule has 0 aliphatic rings. The predicted octanol–water partition coefficient (Wildman–Crippen LogP) is 2.23. The van der Waals surface area contributed by atoms with Gasteiger partial charge in [0.15, 0.2) is 0 Å². The van der Waals surface area contributed by atoms with Crippen LogP contribution in [-0.2, 0) is 11.2 Å². The van der Waals surface area contributed by atoms with E-state index < -0.39 is 17.5 Å². The molecule has 2 amide bonds. The summed E-state index contributed by atoms with van der Waals surface area (Å²) in [7, 11) is 0. The molecule has 0 bridgehead atoms. The van der Waals surface area contributed by atoms with Gasteiger partial charge in [-0.2, -0.15) is 11.3 Å². The summed E-state index contributed by atoms with van der Waals surface area (Å²) < 4.78 is 0. The summed E-state index contributed by atoms with van der Waals surface area (Å²) in [5.74, 6) is -0.995. The fraction of sp³-hybridized carbons (Fsp3) is 0.538. The molecule has 19 heavy (non-hydrogen) atoms. The molecule has 0 aliphatic carbocycles. The van der Waals surface area contributed by atoms with Gasteiger partial charge in [0.25, 0.3) is 0 Å². The molecule has 0 atom stereocenters. The van der Waals surface area contributed by atoms with Gasteiger partial charge in [-0.15, -0.1) is 0 Å². The van der Waals surface area contributed by atoms with E-state index in [2.05, 4.69) is 10.6 Å². The topological polar surface area (TPSA) is 78.4 Å². The molecular formula is C13H20N2O3S. The van der Waals surface area contributed by atoms with Crippen LogP contribution < -0.4 is 10.6 Å². The molecule has 1 rings (SSSR count). The molecule has 106 valence electrons. The first kappa shape index (κ1) is 15.5. The SMILES string of the molecule is CCC(CC)(NC(=O)NCCc1ccsc1)C(=O)O. The highest BCUT2D eigenvalue weighted by molar-refractivity contribution is 7.07. The zero-order chi connectivity index (χ0) is 14.3. The number of amides is 2. The normalized spacial score (nSPS) is 11.1. The Balaban J connectivity index is 2.43. The van der Waals surface area contributed by atoms with Crippen LogP contribution in [0.25, 0.3) is 0 Å². The quantitative estimate of drug-likeness (QED) is 0.718. The molecule has 0 aliphatic heterocycles. The molecule has 5 nitrogen and oxygen atoms in total. The molecule has 1 heterocycles. The Bertz CT molecular complexity index is 414. The van der Waals surface area contributed by atoms with E-state index in [0.717, 1.165) is 6.42 Å². The van der Waals surface area contributed by atoms with Crippen LogP contribution >= 0.6 is 11.3 Å². The molecule has 0 fully saturated rings. The van der Waals surface area contributed by atoms with E-state index in [1.165, 1.54) is 5.56 Å². The number of nitrogens with one attached hydrogen (secondary N) is 2. The van der Waals surface area contributed by atoms with Gasteiger partial charge in [0.1, 0.15) is 5.54 Å². The van der Waals surface area contributed by atoms with Crippen LogP contribution in [0.5, 0.6) is 0 Å². The third kappa shape index (κ3) is 4.24. The Morgan fingerprint density at radius 3 is 2.53 bits per heavy atom. The monoisotopic (exact) mass is 284 g/mol. The third-order valence-electron chi connectivity index (χ3n) is 3.25. The lowest BCUT2D eigenvalue weighted by molar-refractivity contribution is -0.144. The predicted molar refractivity (Wildman–Crippen MR) is 75.5 cm³/mol. The highest BCUT2D eigenvalue weighted by atomic mass is 32.1. The van der Waals surface area contributed by atoms with Gasteiger partial charge in [-0.1, -0.05) is 13.8 Å². The Morgan fingerprint density at radius 2 is 2.05 bits per heavy atom. The number of aliphatic carboxylic acids is 1. The lowest BCUT2D eigenvalue weighted by Gasteiger charge is -2.28. The average molecular weight is 284 g/mol. The number of carboxylic acid groups (broad SMARTS) is 1. The van der Waals surface area contributed by atoms with E-state index in [9.17, 15) is 14.7 Å². The lowest BCUT2D eigenvalue weighted by atomic mass is 9.93.